The SMILES string of the molecule is CSCC[C@H](NC(=O)O)C(=O)N[C@H]1CCC(OC(C)C)C[C@H]1CS(=O)(=O)C(C)C. The second kappa shape index (κ2) is 12.0. The summed E-state index contributed by atoms with van der Waals surface area (Å²) in [5, 5.41) is 13.7. The summed E-state index contributed by atoms with van der Waals surface area (Å²) < 4.78 is 31.0. The normalized spacial score (nSPS) is 23.8. The van der Waals surface area contributed by atoms with Crippen LogP contribution in [0.2, 0.25) is 0 Å². The fourth-order valence-corrected chi connectivity index (χ4v) is 5.35. The van der Waals surface area contributed by atoms with E-state index >= 15 is 0 Å². The minimum atomic E-state index is -3.29. The Balaban J connectivity index is 2.92. The van der Waals surface area contributed by atoms with Gasteiger partial charge in [0.2, 0.25) is 5.91 Å². The topological polar surface area (TPSA) is 122 Å². The standard InChI is InChI=1S/C19H36N2O6S2/c1-12(2)27-15-6-7-16(14(10-15)11-29(25,26)13(3)4)20-18(22)17(8-9-28-5)21-19(23)24/h12-17,21H,6-11H2,1-5H3,(H,20,22)(H,23,24)/t14-,15?,16-,17-/m0/s1. The third-order valence-corrected chi connectivity index (χ3v) is 8.09. The van der Waals surface area contributed by atoms with Crippen LogP contribution in [-0.4, -0.2) is 72.8 Å². The molecule has 0 bridgehead atoms. The Morgan fingerprint density at radius 1 is 1.21 bits per heavy atom. The van der Waals surface area contributed by atoms with Crippen LogP contribution in [0.1, 0.15) is 53.4 Å². The van der Waals surface area contributed by atoms with E-state index in [9.17, 15) is 18.0 Å². The minimum Gasteiger partial charge on any atom is -0.465 e. The van der Waals surface area contributed by atoms with Gasteiger partial charge in [-0.1, -0.05) is 0 Å². The maximum absolute atomic E-state index is 12.7. The largest absolute Gasteiger partial charge is 0.465 e. The predicted molar refractivity (Wildman–Crippen MR) is 116 cm³/mol. The number of hydrogen-bond donors (Lipinski definition) is 3. The molecule has 0 saturated heterocycles. The average molecular weight is 453 g/mol. The Labute approximate surface area is 178 Å². The molecule has 3 N–H and O–H groups in total. The van der Waals surface area contributed by atoms with E-state index in [2.05, 4.69) is 10.6 Å². The fourth-order valence-electron chi connectivity index (χ4n) is 3.53. The highest BCUT2D eigenvalue weighted by atomic mass is 32.2. The van der Waals surface area contributed by atoms with Gasteiger partial charge in [-0.3, -0.25) is 4.79 Å². The van der Waals surface area contributed by atoms with Crippen LogP contribution in [0.25, 0.3) is 0 Å². The molecule has 1 aliphatic rings. The second-order valence-corrected chi connectivity index (χ2v) is 11.7. The van der Waals surface area contributed by atoms with Gasteiger partial charge < -0.3 is 20.5 Å². The molecule has 1 fully saturated rings. The Bertz CT molecular complexity index is 639. The zero-order valence-electron chi connectivity index (χ0n) is 18.0. The van der Waals surface area contributed by atoms with E-state index in [0.717, 1.165) is 6.42 Å². The lowest BCUT2D eigenvalue weighted by Gasteiger charge is -2.38. The number of nitrogens with one attached hydrogen (secondary N) is 2. The van der Waals surface area contributed by atoms with Gasteiger partial charge in [-0.15, -0.1) is 0 Å². The molecule has 170 valence electrons. The van der Waals surface area contributed by atoms with Crippen LogP contribution in [0.4, 0.5) is 4.79 Å². The summed E-state index contributed by atoms with van der Waals surface area (Å²) in [4.78, 5) is 23.8. The zero-order chi connectivity index (χ0) is 22.2. The summed E-state index contributed by atoms with van der Waals surface area (Å²) in [7, 11) is -3.29. The van der Waals surface area contributed by atoms with E-state index in [1.54, 1.807) is 13.8 Å². The zero-order valence-corrected chi connectivity index (χ0v) is 19.6. The van der Waals surface area contributed by atoms with Gasteiger partial charge in [0.1, 0.15) is 6.04 Å². The number of carbonyl (C=O) groups excluding carboxylic acids is 1. The van der Waals surface area contributed by atoms with Crippen molar-refractivity contribution in [3.05, 3.63) is 0 Å². The second-order valence-electron chi connectivity index (χ2n) is 8.16. The number of ether oxygens (including phenoxy) is 1. The molecule has 1 rings (SSSR count). The number of amides is 2. The van der Waals surface area contributed by atoms with E-state index in [1.807, 2.05) is 20.1 Å². The molecule has 1 aliphatic carbocycles. The third-order valence-electron chi connectivity index (χ3n) is 5.12. The monoisotopic (exact) mass is 452 g/mol. The first-order chi connectivity index (χ1) is 13.5. The van der Waals surface area contributed by atoms with Gasteiger partial charge in [0, 0.05) is 6.04 Å². The highest BCUT2D eigenvalue weighted by Gasteiger charge is 2.37. The maximum atomic E-state index is 12.7. The van der Waals surface area contributed by atoms with Gasteiger partial charge in [-0.05, 0) is 71.3 Å². The number of carboxylic acid groups (broad SMARTS) is 1. The molecule has 0 aromatic heterocycles. The van der Waals surface area contributed by atoms with Crippen LogP contribution in [0.3, 0.4) is 0 Å². The van der Waals surface area contributed by atoms with Crippen LogP contribution in [0, 0.1) is 5.92 Å². The Morgan fingerprint density at radius 3 is 2.38 bits per heavy atom. The molecule has 0 aromatic carbocycles. The van der Waals surface area contributed by atoms with Gasteiger partial charge in [-0.25, -0.2) is 13.2 Å². The van der Waals surface area contributed by atoms with Crippen molar-refractivity contribution in [1.29, 1.82) is 0 Å². The summed E-state index contributed by atoms with van der Waals surface area (Å²) in [6.45, 7) is 7.20. The Hall–Kier alpha value is -1.00. The first-order valence-corrected chi connectivity index (χ1v) is 13.2. The Morgan fingerprint density at radius 2 is 1.86 bits per heavy atom. The van der Waals surface area contributed by atoms with Gasteiger partial charge in [0.15, 0.2) is 9.84 Å². The molecular weight excluding hydrogens is 416 g/mol. The maximum Gasteiger partial charge on any atom is 0.405 e. The Kier molecular flexibility index (Phi) is 10.8. The van der Waals surface area contributed by atoms with Crippen LogP contribution in [0.5, 0.6) is 0 Å². The van der Waals surface area contributed by atoms with Crippen molar-refractivity contribution in [3.8, 4) is 0 Å². The molecule has 0 radical (unpaired) electrons. The van der Waals surface area contributed by atoms with E-state index in [0.29, 0.717) is 25.0 Å². The van der Waals surface area contributed by atoms with E-state index in [1.165, 1.54) is 11.8 Å². The van der Waals surface area contributed by atoms with Crippen molar-refractivity contribution in [2.75, 3.05) is 17.8 Å². The average Bonchev–Trinajstić information content (AvgIpc) is 2.59. The van der Waals surface area contributed by atoms with Crippen molar-refractivity contribution < 1.29 is 27.9 Å². The van der Waals surface area contributed by atoms with Crippen LogP contribution in [-0.2, 0) is 19.4 Å². The summed E-state index contributed by atoms with van der Waals surface area (Å²) >= 11 is 1.53. The summed E-state index contributed by atoms with van der Waals surface area (Å²) in [6, 6.07) is -1.18. The molecule has 0 heterocycles. The van der Waals surface area contributed by atoms with Crippen molar-refractivity contribution in [2.45, 2.75) is 82.9 Å². The first kappa shape index (κ1) is 26.0. The van der Waals surface area contributed by atoms with Gasteiger partial charge in [0.25, 0.3) is 0 Å². The molecule has 8 nitrogen and oxygen atoms in total. The van der Waals surface area contributed by atoms with Gasteiger partial charge in [0.05, 0.1) is 23.2 Å². The van der Waals surface area contributed by atoms with Crippen molar-refractivity contribution in [2.24, 2.45) is 5.92 Å². The summed E-state index contributed by atoms with van der Waals surface area (Å²) in [6.07, 6.45) is 2.89. The lowest BCUT2D eigenvalue weighted by atomic mass is 9.83. The molecule has 1 unspecified atom stereocenters. The molecule has 0 aromatic rings. The number of hydrogen-bond acceptors (Lipinski definition) is 6. The lowest BCUT2D eigenvalue weighted by molar-refractivity contribution is -0.125. The van der Waals surface area contributed by atoms with E-state index in [4.69, 9.17) is 9.84 Å². The highest BCUT2D eigenvalue weighted by Crippen LogP contribution is 2.30. The molecule has 0 spiro atoms. The van der Waals surface area contributed by atoms with E-state index < -0.39 is 33.1 Å². The molecule has 2 amide bonds. The summed E-state index contributed by atoms with van der Waals surface area (Å²) in [5.41, 5.74) is 0. The number of rotatable bonds is 11. The fraction of sp³-hybridized carbons (Fsp3) is 0.895. The molecule has 4 atom stereocenters. The molecule has 29 heavy (non-hydrogen) atoms. The quantitative estimate of drug-likeness (QED) is 0.439. The van der Waals surface area contributed by atoms with Crippen molar-refractivity contribution in [3.63, 3.8) is 0 Å². The van der Waals surface area contributed by atoms with Gasteiger partial charge >= 0.3 is 6.09 Å². The van der Waals surface area contributed by atoms with E-state index in [-0.39, 0.29) is 29.9 Å². The summed E-state index contributed by atoms with van der Waals surface area (Å²) in [5.74, 6) is -0.0510. The molecular formula is C19H36N2O6S2. The lowest BCUT2D eigenvalue weighted by Crippen LogP contribution is -2.54. The smallest absolute Gasteiger partial charge is 0.405 e. The van der Waals surface area contributed by atoms with Crippen molar-refractivity contribution in [1.82, 2.24) is 10.6 Å². The van der Waals surface area contributed by atoms with Crippen LogP contribution in [0.15, 0.2) is 0 Å². The van der Waals surface area contributed by atoms with Crippen molar-refractivity contribution >= 4 is 33.6 Å². The first-order valence-electron chi connectivity index (χ1n) is 10.1. The minimum absolute atomic E-state index is 0.0184. The molecule has 0 aliphatic heterocycles. The third kappa shape index (κ3) is 9.13. The molecule has 10 heteroatoms. The predicted octanol–water partition coefficient (Wildman–Crippen LogP) is 2.28. The highest BCUT2D eigenvalue weighted by molar-refractivity contribution is 7.98. The van der Waals surface area contributed by atoms with Crippen LogP contribution >= 0.6 is 11.8 Å². The number of thioether (sulfide) groups is 1. The van der Waals surface area contributed by atoms with Crippen LogP contribution < -0.4 is 10.6 Å². The molecule has 1 saturated carbocycles. The van der Waals surface area contributed by atoms with Gasteiger partial charge in [-0.2, -0.15) is 11.8 Å². The number of carbonyl (C=O) groups is 2. The number of sulfone groups is 1.